The van der Waals surface area contributed by atoms with Crippen LogP contribution >= 0.6 is 11.6 Å². The van der Waals surface area contributed by atoms with Gasteiger partial charge in [0, 0.05) is 17.5 Å². The van der Waals surface area contributed by atoms with Crippen molar-refractivity contribution in [2.75, 3.05) is 0 Å². The maximum Gasteiger partial charge on any atom is 0.254 e. The van der Waals surface area contributed by atoms with Crippen LogP contribution in [0, 0.1) is 6.92 Å². The highest BCUT2D eigenvalue weighted by molar-refractivity contribution is 6.67. The Labute approximate surface area is 98.9 Å². The Morgan fingerprint density at radius 3 is 2.50 bits per heavy atom. The second-order valence-corrected chi connectivity index (χ2v) is 3.84. The minimum Gasteiger partial charge on any atom is -0.276 e. The molecule has 0 radical (unpaired) electrons. The first-order valence-corrected chi connectivity index (χ1v) is 5.28. The van der Waals surface area contributed by atoms with E-state index in [9.17, 15) is 4.79 Å². The fourth-order valence-electron chi connectivity index (χ4n) is 1.52. The minimum atomic E-state index is -0.470. The second-order valence-electron chi connectivity index (χ2n) is 3.50. The zero-order valence-electron chi connectivity index (χ0n) is 8.77. The Balaban J connectivity index is 2.52. The summed E-state index contributed by atoms with van der Waals surface area (Å²) in [6.45, 7) is 1.77. The lowest BCUT2D eigenvalue weighted by Crippen LogP contribution is -1.97. The van der Waals surface area contributed by atoms with Gasteiger partial charge in [0.25, 0.3) is 5.24 Å². The van der Waals surface area contributed by atoms with E-state index in [0.29, 0.717) is 11.3 Å². The number of aryl methyl sites for hydroxylation is 1. The van der Waals surface area contributed by atoms with Crippen molar-refractivity contribution in [1.29, 1.82) is 0 Å². The van der Waals surface area contributed by atoms with Crippen LogP contribution < -0.4 is 0 Å². The molecule has 16 heavy (non-hydrogen) atoms. The topological polar surface area (TPSA) is 30.0 Å². The molecular weight excluding hydrogens is 222 g/mol. The van der Waals surface area contributed by atoms with Gasteiger partial charge in [-0.25, -0.2) is 0 Å². The van der Waals surface area contributed by atoms with Gasteiger partial charge >= 0.3 is 0 Å². The SMILES string of the molecule is Cc1ncc(-c2ccccc2)cc1C(=O)Cl. The summed E-state index contributed by atoms with van der Waals surface area (Å²) in [5.74, 6) is 0. The van der Waals surface area contributed by atoms with Gasteiger partial charge in [0.1, 0.15) is 0 Å². The van der Waals surface area contributed by atoms with E-state index in [1.807, 2.05) is 30.3 Å². The van der Waals surface area contributed by atoms with Crippen LogP contribution in [0.2, 0.25) is 0 Å². The standard InChI is InChI=1S/C13H10ClNO/c1-9-12(13(14)16)7-11(8-15-9)10-5-3-2-4-6-10/h2-8H,1H3. The van der Waals surface area contributed by atoms with Crippen LogP contribution in [0.5, 0.6) is 0 Å². The van der Waals surface area contributed by atoms with E-state index < -0.39 is 5.24 Å². The molecule has 1 aromatic carbocycles. The molecule has 0 spiro atoms. The van der Waals surface area contributed by atoms with E-state index in [4.69, 9.17) is 11.6 Å². The number of halogens is 1. The van der Waals surface area contributed by atoms with Crippen molar-refractivity contribution in [2.45, 2.75) is 6.92 Å². The van der Waals surface area contributed by atoms with Crippen molar-refractivity contribution < 1.29 is 4.79 Å². The van der Waals surface area contributed by atoms with E-state index in [0.717, 1.165) is 11.1 Å². The normalized spacial score (nSPS) is 10.1. The van der Waals surface area contributed by atoms with Gasteiger partial charge in [-0.1, -0.05) is 30.3 Å². The number of pyridine rings is 1. The van der Waals surface area contributed by atoms with E-state index in [1.165, 1.54) is 0 Å². The van der Waals surface area contributed by atoms with Gasteiger partial charge in [-0.15, -0.1) is 0 Å². The van der Waals surface area contributed by atoms with Gasteiger partial charge < -0.3 is 0 Å². The molecule has 0 N–H and O–H groups in total. The van der Waals surface area contributed by atoms with Crippen molar-refractivity contribution in [1.82, 2.24) is 4.98 Å². The van der Waals surface area contributed by atoms with Crippen LogP contribution in [0.25, 0.3) is 11.1 Å². The third kappa shape index (κ3) is 2.12. The molecule has 0 unspecified atom stereocenters. The number of nitrogens with zero attached hydrogens (tertiary/aromatic N) is 1. The Morgan fingerprint density at radius 1 is 1.19 bits per heavy atom. The van der Waals surface area contributed by atoms with Crippen molar-refractivity contribution in [3.63, 3.8) is 0 Å². The number of hydrogen-bond donors (Lipinski definition) is 0. The molecule has 2 aromatic rings. The van der Waals surface area contributed by atoms with Crippen LogP contribution in [0.15, 0.2) is 42.6 Å². The van der Waals surface area contributed by atoms with E-state index in [-0.39, 0.29) is 0 Å². The summed E-state index contributed by atoms with van der Waals surface area (Å²) in [4.78, 5) is 15.3. The highest BCUT2D eigenvalue weighted by Crippen LogP contribution is 2.21. The van der Waals surface area contributed by atoms with Crippen LogP contribution in [-0.2, 0) is 0 Å². The molecular formula is C13H10ClNO. The molecule has 0 saturated carbocycles. The highest BCUT2D eigenvalue weighted by atomic mass is 35.5. The predicted molar refractivity (Wildman–Crippen MR) is 64.6 cm³/mol. The quantitative estimate of drug-likeness (QED) is 0.742. The van der Waals surface area contributed by atoms with Crippen molar-refractivity contribution in [2.24, 2.45) is 0 Å². The zero-order chi connectivity index (χ0) is 11.5. The summed E-state index contributed by atoms with van der Waals surface area (Å²) in [6.07, 6.45) is 1.74. The maximum atomic E-state index is 11.2. The van der Waals surface area contributed by atoms with Crippen molar-refractivity contribution in [3.05, 3.63) is 53.9 Å². The monoisotopic (exact) mass is 231 g/mol. The summed E-state index contributed by atoms with van der Waals surface area (Å²) >= 11 is 5.49. The molecule has 3 heteroatoms. The number of hydrogen-bond acceptors (Lipinski definition) is 2. The predicted octanol–water partition coefficient (Wildman–Crippen LogP) is 3.44. The highest BCUT2D eigenvalue weighted by Gasteiger charge is 2.08. The second kappa shape index (κ2) is 4.45. The molecule has 80 valence electrons. The van der Waals surface area contributed by atoms with Gasteiger partial charge in [0.15, 0.2) is 0 Å². The van der Waals surface area contributed by atoms with Crippen LogP contribution in [0.4, 0.5) is 0 Å². The first kappa shape index (κ1) is 10.8. The first-order chi connectivity index (χ1) is 7.68. The molecule has 0 fully saturated rings. The number of aromatic nitrogens is 1. The Bertz CT molecular complexity index is 523. The first-order valence-electron chi connectivity index (χ1n) is 4.90. The largest absolute Gasteiger partial charge is 0.276 e. The van der Waals surface area contributed by atoms with Crippen molar-refractivity contribution in [3.8, 4) is 11.1 Å². The van der Waals surface area contributed by atoms with E-state index in [2.05, 4.69) is 4.98 Å². The molecule has 0 amide bonds. The van der Waals surface area contributed by atoms with E-state index in [1.54, 1.807) is 19.2 Å². The minimum absolute atomic E-state index is 0.461. The van der Waals surface area contributed by atoms with E-state index >= 15 is 0 Å². The van der Waals surface area contributed by atoms with Crippen LogP contribution in [-0.4, -0.2) is 10.2 Å². The molecule has 2 nitrogen and oxygen atoms in total. The Morgan fingerprint density at radius 2 is 1.88 bits per heavy atom. The average molecular weight is 232 g/mol. The Kier molecular flexibility index (Phi) is 3.02. The molecule has 1 heterocycles. The summed E-state index contributed by atoms with van der Waals surface area (Å²) in [6, 6.07) is 11.5. The van der Waals surface area contributed by atoms with Gasteiger partial charge in [-0.2, -0.15) is 0 Å². The number of carbonyl (C=O) groups is 1. The Hall–Kier alpha value is -1.67. The molecule has 0 aliphatic heterocycles. The molecule has 0 bridgehead atoms. The molecule has 2 rings (SSSR count). The third-order valence-electron chi connectivity index (χ3n) is 2.41. The molecule has 0 atom stereocenters. The summed E-state index contributed by atoms with van der Waals surface area (Å²) in [5, 5.41) is -0.470. The van der Waals surface area contributed by atoms with Gasteiger partial charge in [-0.3, -0.25) is 9.78 Å². The molecule has 0 aliphatic carbocycles. The lowest BCUT2D eigenvalue weighted by Gasteiger charge is -2.04. The average Bonchev–Trinajstić information content (AvgIpc) is 2.30. The summed E-state index contributed by atoms with van der Waals surface area (Å²) in [5.41, 5.74) is 3.03. The van der Waals surface area contributed by atoms with Crippen molar-refractivity contribution >= 4 is 16.8 Å². The fraction of sp³-hybridized carbons (Fsp3) is 0.0769. The molecule has 0 aliphatic rings. The summed E-state index contributed by atoms with van der Waals surface area (Å²) in [7, 11) is 0. The van der Waals surface area contributed by atoms with Crippen LogP contribution in [0.3, 0.4) is 0 Å². The lowest BCUT2D eigenvalue weighted by atomic mass is 10.1. The lowest BCUT2D eigenvalue weighted by molar-refractivity contribution is 0.108. The number of carbonyl (C=O) groups excluding carboxylic acids is 1. The van der Waals surface area contributed by atoms with Gasteiger partial charge in [0.2, 0.25) is 0 Å². The van der Waals surface area contributed by atoms with Crippen LogP contribution in [0.1, 0.15) is 16.1 Å². The molecule has 1 aromatic heterocycles. The zero-order valence-corrected chi connectivity index (χ0v) is 9.53. The maximum absolute atomic E-state index is 11.2. The fourth-order valence-corrected chi connectivity index (χ4v) is 1.71. The van der Waals surface area contributed by atoms with Gasteiger partial charge in [0.05, 0.1) is 5.56 Å². The van der Waals surface area contributed by atoms with Gasteiger partial charge in [-0.05, 0) is 30.2 Å². The smallest absolute Gasteiger partial charge is 0.254 e. The number of rotatable bonds is 2. The third-order valence-corrected chi connectivity index (χ3v) is 2.61. The molecule has 0 saturated heterocycles. The number of benzene rings is 1. The summed E-state index contributed by atoms with van der Waals surface area (Å²) < 4.78 is 0.